The molecule has 106 valence electrons. The molecule has 19 heavy (non-hydrogen) atoms. The van der Waals surface area contributed by atoms with E-state index in [0.717, 1.165) is 5.56 Å². The molecule has 1 aliphatic heterocycles. The first-order valence-electron chi connectivity index (χ1n) is 6.96. The van der Waals surface area contributed by atoms with Crippen LogP contribution in [0.1, 0.15) is 38.3 Å². The Morgan fingerprint density at radius 3 is 2.26 bits per heavy atom. The summed E-state index contributed by atoms with van der Waals surface area (Å²) in [5, 5.41) is 10.0. The lowest BCUT2D eigenvalue weighted by molar-refractivity contribution is -0.0698. The van der Waals surface area contributed by atoms with Gasteiger partial charge in [0.15, 0.2) is 6.29 Å². The summed E-state index contributed by atoms with van der Waals surface area (Å²) in [6.45, 7) is 7.87. The second kappa shape index (κ2) is 6.04. The monoisotopic (exact) mass is 264 g/mol. The molecule has 1 aromatic carbocycles. The Labute approximate surface area is 115 Å². The van der Waals surface area contributed by atoms with Crippen LogP contribution in [0.15, 0.2) is 24.3 Å². The van der Waals surface area contributed by atoms with E-state index < -0.39 is 6.10 Å². The third-order valence-corrected chi connectivity index (χ3v) is 3.45. The van der Waals surface area contributed by atoms with Crippen molar-refractivity contribution in [1.29, 1.82) is 0 Å². The first kappa shape index (κ1) is 14.5. The van der Waals surface area contributed by atoms with Crippen molar-refractivity contribution in [3.8, 4) is 0 Å². The van der Waals surface area contributed by atoms with Crippen molar-refractivity contribution in [3.05, 3.63) is 35.4 Å². The van der Waals surface area contributed by atoms with E-state index in [1.807, 2.05) is 0 Å². The van der Waals surface area contributed by atoms with Gasteiger partial charge in [-0.15, -0.1) is 0 Å². The van der Waals surface area contributed by atoms with Gasteiger partial charge in [-0.05, 0) is 23.0 Å². The summed E-state index contributed by atoms with van der Waals surface area (Å²) >= 11 is 0. The minimum absolute atomic E-state index is 0.169. The van der Waals surface area contributed by atoms with E-state index in [2.05, 4.69) is 45.0 Å². The van der Waals surface area contributed by atoms with Gasteiger partial charge in [0.05, 0.1) is 19.3 Å². The zero-order chi connectivity index (χ0) is 13.9. The van der Waals surface area contributed by atoms with E-state index in [0.29, 0.717) is 26.1 Å². The summed E-state index contributed by atoms with van der Waals surface area (Å²) in [4.78, 5) is 0. The van der Waals surface area contributed by atoms with Crippen LogP contribution in [-0.4, -0.2) is 30.7 Å². The second-order valence-corrected chi connectivity index (χ2v) is 6.21. The maximum Gasteiger partial charge on any atom is 0.160 e. The highest BCUT2D eigenvalue weighted by Crippen LogP contribution is 2.23. The molecular weight excluding hydrogens is 240 g/mol. The Hall–Kier alpha value is -0.900. The highest BCUT2D eigenvalue weighted by molar-refractivity contribution is 5.27. The summed E-state index contributed by atoms with van der Waals surface area (Å²) in [7, 11) is 0. The van der Waals surface area contributed by atoms with E-state index in [4.69, 9.17) is 9.47 Å². The van der Waals surface area contributed by atoms with Crippen molar-refractivity contribution in [2.75, 3.05) is 13.2 Å². The van der Waals surface area contributed by atoms with Crippen LogP contribution in [0.3, 0.4) is 0 Å². The van der Waals surface area contributed by atoms with Crippen LogP contribution in [0.2, 0.25) is 0 Å². The lowest BCUT2D eigenvalue weighted by atomic mass is 9.86. The first-order valence-corrected chi connectivity index (χ1v) is 6.96. The van der Waals surface area contributed by atoms with Crippen molar-refractivity contribution < 1.29 is 14.6 Å². The van der Waals surface area contributed by atoms with Gasteiger partial charge < -0.3 is 14.6 Å². The molecule has 0 amide bonds. The maximum absolute atomic E-state index is 10.0. The molecule has 2 rings (SSSR count). The molecule has 1 saturated heterocycles. The molecular formula is C16H24O3. The van der Waals surface area contributed by atoms with E-state index in [9.17, 15) is 5.11 Å². The fourth-order valence-electron chi connectivity index (χ4n) is 2.26. The number of benzene rings is 1. The minimum Gasteiger partial charge on any atom is -0.393 e. The van der Waals surface area contributed by atoms with Gasteiger partial charge in [-0.25, -0.2) is 0 Å². The van der Waals surface area contributed by atoms with E-state index in [1.165, 1.54) is 5.56 Å². The SMILES string of the molecule is CC(C)(C)c1ccc(CC(O)CC2OCCO2)cc1. The number of hydrogen-bond donors (Lipinski definition) is 1. The lowest BCUT2D eigenvalue weighted by Crippen LogP contribution is -2.20. The Morgan fingerprint density at radius 1 is 1.16 bits per heavy atom. The van der Waals surface area contributed by atoms with E-state index in [1.54, 1.807) is 0 Å². The number of aliphatic hydroxyl groups is 1. The van der Waals surface area contributed by atoms with Crippen molar-refractivity contribution in [2.24, 2.45) is 0 Å². The molecule has 1 aromatic rings. The van der Waals surface area contributed by atoms with Crippen LogP contribution in [0.5, 0.6) is 0 Å². The molecule has 0 radical (unpaired) electrons. The van der Waals surface area contributed by atoms with Gasteiger partial charge in [-0.1, -0.05) is 45.0 Å². The molecule has 1 atom stereocenters. The van der Waals surface area contributed by atoms with Gasteiger partial charge in [0, 0.05) is 6.42 Å². The zero-order valence-electron chi connectivity index (χ0n) is 12.1. The molecule has 3 heteroatoms. The Balaban J connectivity index is 1.88. The van der Waals surface area contributed by atoms with Crippen molar-refractivity contribution in [3.63, 3.8) is 0 Å². The third-order valence-electron chi connectivity index (χ3n) is 3.45. The van der Waals surface area contributed by atoms with Gasteiger partial charge in [-0.2, -0.15) is 0 Å². The Kier molecular flexibility index (Phi) is 4.61. The summed E-state index contributed by atoms with van der Waals surface area (Å²) in [5.41, 5.74) is 2.63. The molecule has 1 aliphatic rings. The Bertz CT molecular complexity index is 385. The van der Waals surface area contributed by atoms with Crippen LogP contribution >= 0.6 is 0 Å². The predicted molar refractivity (Wildman–Crippen MR) is 75.2 cm³/mol. The number of rotatable bonds is 4. The largest absolute Gasteiger partial charge is 0.393 e. The summed E-state index contributed by atoms with van der Waals surface area (Å²) in [5.74, 6) is 0. The van der Waals surface area contributed by atoms with E-state index >= 15 is 0 Å². The summed E-state index contributed by atoms with van der Waals surface area (Å²) in [6.07, 6.45) is 0.543. The number of hydrogen-bond acceptors (Lipinski definition) is 3. The van der Waals surface area contributed by atoms with Gasteiger partial charge >= 0.3 is 0 Å². The van der Waals surface area contributed by atoms with Gasteiger partial charge in [0.2, 0.25) is 0 Å². The quantitative estimate of drug-likeness (QED) is 0.908. The molecule has 0 aliphatic carbocycles. The molecule has 1 heterocycles. The van der Waals surface area contributed by atoms with Crippen LogP contribution in [0.25, 0.3) is 0 Å². The fraction of sp³-hybridized carbons (Fsp3) is 0.625. The molecule has 0 aromatic heterocycles. The average Bonchev–Trinajstić information content (AvgIpc) is 2.81. The highest BCUT2D eigenvalue weighted by Gasteiger charge is 2.20. The minimum atomic E-state index is -0.413. The topological polar surface area (TPSA) is 38.7 Å². The molecule has 0 spiro atoms. The number of ether oxygens (including phenoxy) is 2. The van der Waals surface area contributed by atoms with E-state index in [-0.39, 0.29) is 11.7 Å². The molecule has 3 nitrogen and oxygen atoms in total. The van der Waals surface area contributed by atoms with Crippen molar-refractivity contribution in [2.45, 2.75) is 51.4 Å². The lowest BCUT2D eigenvalue weighted by Gasteiger charge is -2.20. The van der Waals surface area contributed by atoms with Crippen LogP contribution in [-0.2, 0) is 21.3 Å². The average molecular weight is 264 g/mol. The van der Waals surface area contributed by atoms with Crippen LogP contribution in [0.4, 0.5) is 0 Å². The molecule has 1 unspecified atom stereocenters. The normalized spacial score (nSPS) is 18.7. The molecule has 0 saturated carbocycles. The second-order valence-electron chi connectivity index (χ2n) is 6.21. The molecule has 1 N–H and O–H groups in total. The smallest absolute Gasteiger partial charge is 0.160 e. The Morgan fingerprint density at radius 2 is 1.74 bits per heavy atom. The number of aliphatic hydroxyl groups excluding tert-OH is 1. The summed E-state index contributed by atoms with van der Waals surface area (Å²) in [6, 6.07) is 8.48. The van der Waals surface area contributed by atoms with Gasteiger partial charge in [0.25, 0.3) is 0 Å². The van der Waals surface area contributed by atoms with Crippen LogP contribution in [0, 0.1) is 0 Å². The van der Waals surface area contributed by atoms with Crippen molar-refractivity contribution in [1.82, 2.24) is 0 Å². The third kappa shape index (κ3) is 4.30. The molecule has 0 bridgehead atoms. The van der Waals surface area contributed by atoms with Gasteiger partial charge in [-0.3, -0.25) is 0 Å². The zero-order valence-corrected chi connectivity index (χ0v) is 12.1. The predicted octanol–water partition coefficient (Wildman–Crippen LogP) is 2.65. The standard InChI is InChI=1S/C16H24O3/c1-16(2,3)13-6-4-12(5-7-13)10-14(17)11-15-18-8-9-19-15/h4-7,14-15,17H,8-11H2,1-3H3. The van der Waals surface area contributed by atoms with Gasteiger partial charge in [0.1, 0.15) is 0 Å². The van der Waals surface area contributed by atoms with Crippen molar-refractivity contribution >= 4 is 0 Å². The maximum atomic E-state index is 10.0. The highest BCUT2D eigenvalue weighted by atomic mass is 16.7. The van der Waals surface area contributed by atoms with Crippen LogP contribution < -0.4 is 0 Å². The first-order chi connectivity index (χ1) is 8.95. The summed E-state index contributed by atoms with van der Waals surface area (Å²) < 4.78 is 10.7. The molecule has 1 fully saturated rings. The fourth-order valence-corrected chi connectivity index (χ4v) is 2.26.